The monoisotopic (exact) mass is 237 g/mol. The van der Waals surface area contributed by atoms with Gasteiger partial charge in [0.1, 0.15) is 5.60 Å². The first-order valence-electron chi connectivity index (χ1n) is 3.94. The second kappa shape index (κ2) is 4.70. The molecule has 72 valence electrons. The van der Waals surface area contributed by atoms with E-state index in [0.717, 1.165) is 19.6 Å². The standard InChI is InChI=1S/C8H15NO2.BrH/c1-8(2,3)11-7-9-5-4-6-10-7;/h4-6H2,1-3H3;1H. The third-order valence-electron chi connectivity index (χ3n) is 1.16. The highest BCUT2D eigenvalue weighted by atomic mass is 79.9. The average Bonchev–Trinajstić information content (AvgIpc) is 1.85. The number of aliphatic imine (C=N–C) groups is 1. The smallest absolute Gasteiger partial charge is 0.383 e. The summed E-state index contributed by atoms with van der Waals surface area (Å²) >= 11 is 0. The van der Waals surface area contributed by atoms with E-state index in [9.17, 15) is 0 Å². The van der Waals surface area contributed by atoms with Crippen LogP contribution >= 0.6 is 17.0 Å². The molecule has 0 fully saturated rings. The summed E-state index contributed by atoms with van der Waals surface area (Å²) in [7, 11) is 0. The molecule has 0 aromatic heterocycles. The minimum atomic E-state index is -0.198. The van der Waals surface area contributed by atoms with Crippen LogP contribution in [0.5, 0.6) is 0 Å². The van der Waals surface area contributed by atoms with Gasteiger partial charge in [-0.15, -0.1) is 17.0 Å². The molecule has 1 aliphatic rings. The van der Waals surface area contributed by atoms with Gasteiger partial charge in [-0.05, 0) is 20.8 Å². The maximum atomic E-state index is 5.41. The first-order valence-corrected chi connectivity index (χ1v) is 3.94. The molecule has 0 saturated carbocycles. The van der Waals surface area contributed by atoms with Crippen molar-refractivity contribution in [1.82, 2.24) is 0 Å². The zero-order valence-corrected chi connectivity index (χ0v) is 9.51. The summed E-state index contributed by atoms with van der Waals surface area (Å²) < 4.78 is 10.6. The van der Waals surface area contributed by atoms with Gasteiger partial charge < -0.3 is 9.47 Å². The Balaban J connectivity index is 0.00000121. The van der Waals surface area contributed by atoms with E-state index >= 15 is 0 Å². The SMILES string of the molecule is Br.CC(C)(C)OC1=NCCCO1. The molecule has 0 saturated heterocycles. The van der Waals surface area contributed by atoms with Crippen molar-refractivity contribution in [3.8, 4) is 0 Å². The molecular weight excluding hydrogens is 222 g/mol. The normalized spacial score (nSPS) is 17.1. The number of nitrogens with zero attached hydrogens (tertiary/aromatic N) is 1. The van der Waals surface area contributed by atoms with E-state index in [1.54, 1.807) is 0 Å². The molecule has 0 aliphatic carbocycles. The maximum absolute atomic E-state index is 5.41. The van der Waals surface area contributed by atoms with Crippen LogP contribution in [0.1, 0.15) is 27.2 Å². The van der Waals surface area contributed by atoms with Crippen molar-refractivity contribution >= 4 is 23.1 Å². The Morgan fingerprint density at radius 3 is 2.50 bits per heavy atom. The fourth-order valence-corrected chi connectivity index (χ4v) is 0.764. The van der Waals surface area contributed by atoms with E-state index in [-0.39, 0.29) is 22.6 Å². The van der Waals surface area contributed by atoms with Gasteiger partial charge in [0.25, 0.3) is 0 Å². The zero-order chi connectivity index (χ0) is 8.32. The van der Waals surface area contributed by atoms with Gasteiger partial charge in [-0.1, -0.05) is 0 Å². The van der Waals surface area contributed by atoms with Crippen molar-refractivity contribution in [3.63, 3.8) is 0 Å². The Kier molecular flexibility index (Phi) is 4.60. The molecule has 0 aromatic carbocycles. The van der Waals surface area contributed by atoms with E-state index in [2.05, 4.69) is 4.99 Å². The van der Waals surface area contributed by atoms with Crippen molar-refractivity contribution in [2.45, 2.75) is 32.8 Å². The van der Waals surface area contributed by atoms with Gasteiger partial charge in [0, 0.05) is 13.0 Å². The maximum Gasteiger partial charge on any atom is 0.383 e. The highest BCUT2D eigenvalue weighted by Crippen LogP contribution is 2.10. The minimum Gasteiger partial charge on any atom is -0.451 e. The summed E-state index contributed by atoms with van der Waals surface area (Å²) in [5, 5.41) is 0. The quantitative estimate of drug-likeness (QED) is 0.647. The molecule has 3 nitrogen and oxygen atoms in total. The van der Waals surface area contributed by atoms with Gasteiger partial charge >= 0.3 is 6.08 Å². The van der Waals surface area contributed by atoms with Gasteiger partial charge in [0.05, 0.1) is 6.61 Å². The van der Waals surface area contributed by atoms with Crippen LogP contribution < -0.4 is 0 Å². The van der Waals surface area contributed by atoms with Crippen molar-refractivity contribution < 1.29 is 9.47 Å². The Morgan fingerprint density at radius 1 is 1.42 bits per heavy atom. The van der Waals surface area contributed by atoms with E-state index < -0.39 is 0 Å². The second-order valence-electron chi connectivity index (χ2n) is 3.56. The number of rotatable bonds is 0. The molecule has 0 unspecified atom stereocenters. The van der Waals surface area contributed by atoms with Crippen LogP contribution in [0.25, 0.3) is 0 Å². The van der Waals surface area contributed by atoms with E-state index in [1.165, 1.54) is 0 Å². The fourth-order valence-electron chi connectivity index (χ4n) is 0.764. The van der Waals surface area contributed by atoms with Crippen LogP contribution in [0.4, 0.5) is 0 Å². The summed E-state index contributed by atoms with van der Waals surface area (Å²) in [6.07, 6.45) is 1.44. The lowest BCUT2D eigenvalue weighted by atomic mass is 10.2. The molecule has 4 heteroatoms. The van der Waals surface area contributed by atoms with Crippen molar-refractivity contribution in [3.05, 3.63) is 0 Å². The average molecular weight is 238 g/mol. The lowest BCUT2D eigenvalue weighted by Gasteiger charge is -2.23. The third-order valence-corrected chi connectivity index (χ3v) is 1.16. The summed E-state index contributed by atoms with van der Waals surface area (Å²) in [5.41, 5.74) is -0.198. The highest BCUT2D eigenvalue weighted by Gasteiger charge is 2.17. The van der Waals surface area contributed by atoms with Crippen LogP contribution in [0.15, 0.2) is 4.99 Å². The van der Waals surface area contributed by atoms with Crippen LogP contribution in [0.3, 0.4) is 0 Å². The molecule has 0 spiro atoms. The summed E-state index contributed by atoms with van der Waals surface area (Å²) in [6, 6.07) is 0. The molecule has 0 N–H and O–H groups in total. The van der Waals surface area contributed by atoms with Crippen molar-refractivity contribution in [2.75, 3.05) is 13.2 Å². The van der Waals surface area contributed by atoms with Gasteiger partial charge in [0.15, 0.2) is 0 Å². The fraction of sp³-hybridized carbons (Fsp3) is 0.875. The van der Waals surface area contributed by atoms with E-state index in [4.69, 9.17) is 9.47 Å². The Morgan fingerprint density at radius 2 is 2.08 bits per heavy atom. The Bertz CT molecular complexity index is 163. The van der Waals surface area contributed by atoms with Gasteiger partial charge in [-0.25, -0.2) is 4.99 Å². The van der Waals surface area contributed by atoms with Crippen LogP contribution in [0, 0.1) is 0 Å². The lowest BCUT2D eigenvalue weighted by Crippen LogP contribution is -2.27. The van der Waals surface area contributed by atoms with Crippen LogP contribution in [-0.4, -0.2) is 24.8 Å². The molecule has 0 radical (unpaired) electrons. The van der Waals surface area contributed by atoms with E-state index in [0.29, 0.717) is 6.08 Å². The first kappa shape index (κ1) is 11.8. The molecule has 1 rings (SSSR count). The molecule has 0 atom stereocenters. The summed E-state index contributed by atoms with van der Waals surface area (Å²) in [4.78, 5) is 4.09. The third kappa shape index (κ3) is 4.59. The molecule has 0 bridgehead atoms. The highest BCUT2D eigenvalue weighted by molar-refractivity contribution is 8.93. The summed E-state index contributed by atoms with van der Waals surface area (Å²) in [5.74, 6) is 0. The predicted molar refractivity (Wildman–Crippen MR) is 54.0 cm³/mol. The number of hydrogen-bond donors (Lipinski definition) is 0. The number of hydrogen-bond acceptors (Lipinski definition) is 3. The van der Waals surface area contributed by atoms with Gasteiger partial charge in [0.2, 0.25) is 0 Å². The molecule has 0 amide bonds. The van der Waals surface area contributed by atoms with Crippen LogP contribution in [-0.2, 0) is 9.47 Å². The zero-order valence-electron chi connectivity index (χ0n) is 7.79. The van der Waals surface area contributed by atoms with Crippen LogP contribution in [0.2, 0.25) is 0 Å². The first-order chi connectivity index (χ1) is 5.08. The molecule has 1 heterocycles. The molecule has 12 heavy (non-hydrogen) atoms. The largest absolute Gasteiger partial charge is 0.451 e. The van der Waals surface area contributed by atoms with Gasteiger partial charge in [-0.3, -0.25) is 0 Å². The minimum absolute atomic E-state index is 0. The molecule has 0 aromatic rings. The Labute approximate surface area is 83.9 Å². The summed E-state index contributed by atoms with van der Waals surface area (Å²) in [6.45, 7) is 7.49. The lowest BCUT2D eigenvalue weighted by molar-refractivity contribution is 0.0522. The number of halogens is 1. The second-order valence-corrected chi connectivity index (χ2v) is 3.56. The topological polar surface area (TPSA) is 30.8 Å². The van der Waals surface area contributed by atoms with Gasteiger partial charge in [-0.2, -0.15) is 0 Å². The molecule has 1 aliphatic heterocycles. The predicted octanol–water partition coefficient (Wildman–Crippen LogP) is 2.16. The number of ether oxygens (including phenoxy) is 2. The molecular formula is C8H16BrNO2. The van der Waals surface area contributed by atoms with E-state index in [1.807, 2.05) is 20.8 Å². The van der Waals surface area contributed by atoms with Crippen molar-refractivity contribution in [2.24, 2.45) is 4.99 Å². The Hall–Kier alpha value is -0.250. The van der Waals surface area contributed by atoms with Crippen molar-refractivity contribution in [1.29, 1.82) is 0 Å².